The van der Waals surface area contributed by atoms with Crippen LogP contribution in [0.5, 0.6) is 0 Å². The van der Waals surface area contributed by atoms with Crippen molar-refractivity contribution >= 4 is 0 Å². The number of hydrogen-bond donors (Lipinski definition) is 1. The number of H-pyrrole nitrogens is 1. The van der Waals surface area contributed by atoms with E-state index in [9.17, 15) is 0 Å². The summed E-state index contributed by atoms with van der Waals surface area (Å²) in [6.45, 7) is 6.79. The molecule has 0 bridgehead atoms. The van der Waals surface area contributed by atoms with Gasteiger partial charge in [-0.05, 0) is 32.4 Å². The average molecular weight is 288 g/mol. The SMILES string of the molecule is Cc1nc([C@@H]2C[C@H]3CN(Cc4ccc(C)o4)C[C@H]3O2)n[nH]1. The first kappa shape index (κ1) is 13.0. The Morgan fingerprint density at radius 2 is 2.24 bits per heavy atom. The zero-order chi connectivity index (χ0) is 14.4. The molecule has 1 N–H and O–H groups in total. The van der Waals surface area contributed by atoms with Crippen molar-refractivity contribution in [2.24, 2.45) is 5.92 Å². The van der Waals surface area contributed by atoms with Gasteiger partial charge in [-0.2, -0.15) is 5.10 Å². The van der Waals surface area contributed by atoms with Crippen LogP contribution in [0.4, 0.5) is 0 Å². The summed E-state index contributed by atoms with van der Waals surface area (Å²) < 4.78 is 11.8. The first-order valence-electron chi connectivity index (χ1n) is 7.49. The number of likely N-dealkylation sites (tertiary alicyclic amines) is 1. The number of fused-ring (bicyclic) bond motifs is 1. The van der Waals surface area contributed by atoms with Crippen molar-refractivity contribution in [2.75, 3.05) is 13.1 Å². The highest BCUT2D eigenvalue weighted by Gasteiger charge is 2.43. The highest BCUT2D eigenvalue weighted by atomic mass is 16.5. The number of furan rings is 1. The van der Waals surface area contributed by atoms with Crippen LogP contribution in [0.3, 0.4) is 0 Å². The highest BCUT2D eigenvalue weighted by molar-refractivity contribution is 5.07. The van der Waals surface area contributed by atoms with E-state index in [4.69, 9.17) is 9.15 Å². The second kappa shape index (κ2) is 4.96. The number of hydrogen-bond acceptors (Lipinski definition) is 5. The summed E-state index contributed by atoms with van der Waals surface area (Å²) in [4.78, 5) is 6.80. The second-order valence-electron chi connectivity index (χ2n) is 6.14. The lowest BCUT2D eigenvalue weighted by atomic mass is 10.0. The smallest absolute Gasteiger partial charge is 0.179 e. The topological polar surface area (TPSA) is 67.2 Å². The Balaban J connectivity index is 1.37. The van der Waals surface area contributed by atoms with Crippen molar-refractivity contribution in [1.82, 2.24) is 20.1 Å². The van der Waals surface area contributed by atoms with Crippen LogP contribution in [0.2, 0.25) is 0 Å². The van der Waals surface area contributed by atoms with Crippen LogP contribution in [-0.2, 0) is 11.3 Å². The molecule has 2 aliphatic rings. The van der Waals surface area contributed by atoms with E-state index in [1.165, 1.54) is 0 Å². The molecule has 3 atom stereocenters. The lowest BCUT2D eigenvalue weighted by Gasteiger charge is -2.16. The molecule has 4 heterocycles. The number of ether oxygens (including phenoxy) is 1. The molecule has 2 fully saturated rings. The van der Waals surface area contributed by atoms with Crippen molar-refractivity contribution in [3.63, 3.8) is 0 Å². The molecule has 0 spiro atoms. The van der Waals surface area contributed by atoms with Crippen LogP contribution in [0.15, 0.2) is 16.5 Å². The Kier molecular flexibility index (Phi) is 3.08. The number of nitrogens with zero attached hydrogens (tertiary/aromatic N) is 3. The second-order valence-corrected chi connectivity index (χ2v) is 6.14. The molecule has 2 aromatic rings. The molecular formula is C15H20N4O2. The number of aromatic amines is 1. The maximum atomic E-state index is 6.14. The Hall–Kier alpha value is -1.66. The Morgan fingerprint density at radius 1 is 1.33 bits per heavy atom. The van der Waals surface area contributed by atoms with Gasteiger partial charge in [-0.15, -0.1) is 0 Å². The van der Waals surface area contributed by atoms with Crippen molar-refractivity contribution < 1.29 is 9.15 Å². The molecular weight excluding hydrogens is 268 g/mol. The Bertz CT molecular complexity index is 621. The van der Waals surface area contributed by atoms with Crippen LogP contribution >= 0.6 is 0 Å². The zero-order valence-electron chi connectivity index (χ0n) is 12.4. The van der Waals surface area contributed by atoms with E-state index in [1.54, 1.807) is 0 Å². The van der Waals surface area contributed by atoms with Crippen LogP contribution in [0, 0.1) is 19.8 Å². The number of aryl methyl sites for hydroxylation is 2. The highest BCUT2D eigenvalue weighted by Crippen LogP contribution is 2.40. The minimum absolute atomic E-state index is 0.0537. The Labute approximate surface area is 123 Å². The average Bonchev–Trinajstić information content (AvgIpc) is 3.14. The van der Waals surface area contributed by atoms with Crippen LogP contribution in [0.1, 0.15) is 35.7 Å². The van der Waals surface area contributed by atoms with Gasteiger partial charge in [-0.1, -0.05) is 0 Å². The molecule has 2 aromatic heterocycles. The van der Waals surface area contributed by atoms with E-state index in [1.807, 2.05) is 19.9 Å². The molecule has 2 saturated heterocycles. The third-order valence-electron chi connectivity index (χ3n) is 4.39. The first-order valence-corrected chi connectivity index (χ1v) is 7.49. The minimum atomic E-state index is 0.0537. The number of nitrogens with one attached hydrogen (secondary N) is 1. The van der Waals surface area contributed by atoms with Gasteiger partial charge in [0, 0.05) is 19.0 Å². The van der Waals surface area contributed by atoms with Gasteiger partial charge in [0.25, 0.3) is 0 Å². The number of rotatable bonds is 3. The lowest BCUT2D eigenvalue weighted by Crippen LogP contribution is -2.23. The monoisotopic (exact) mass is 288 g/mol. The normalized spacial score (nSPS) is 29.1. The van der Waals surface area contributed by atoms with Crippen molar-refractivity contribution in [3.05, 3.63) is 35.3 Å². The molecule has 6 heteroatoms. The van der Waals surface area contributed by atoms with Gasteiger partial charge < -0.3 is 9.15 Å². The fourth-order valence-electron chi connectivity index (χ4n) is 3.44. The molecule has 6 nitrogen and oxygen atoms in total. The van der Waals surface area contributed by atoms with E-state index >= 15 is 0 Å². The summed E-state index contributed by atoms with van der Waals surface area (Å²) >= 11 is 0. The van der Waals surface area contributed by atoms with Gasteiger partial charge >= 0.3 is 0 Å². The molecule has 4 rings (SSSR count). The number of aromatic nitrogens is 3. The maximum Gasteiger partial charge on any atom is 0.179 e. The van der Waals surface area contributed by atoms with E-state index in [0.29, 0.717) is 12.0 Å². The molecule has 0 saturated carbocycles. The molecule has 0 amide bonds. The quantitative estimate of drug-likeness (QED) is 0.935. The predicted molar refractivity (Wildman–Crippen MR) is 75.6 cm³/mol. The summed E-state index contributed by atoms with van der Waals surface area (Å²) in [5.41, 5.74) is 0. The predicted octanol–water partition coefficient (Wildman–Crippen LogP) is 1.98. The molecule has 112 valence electrons. The molecule has 0 aliphatic carbocycles. The molecule has 21 heavy (non-hydrogen) atoms. The molecule has 2 aliphatic heterocycles. The molecule has 0 radical (unpaired) electrons. The summed E-state index contributed by atoms with van der Waals surface area (Å²) in [7, 11) is 0. The third kappa shape index (κ3) is 2.49. The van der Waals surface area contributed by atoms with Crippen molar-refractivity contribution in [1.29, 1.82) is 0 Å². The van der Waals surface area contributed by atoms with Gasteiger partial charge in [0.05, 0.1) is 12.6 Å². The largest absolute Gasteiger partial charge is 0.465 e. The van der Waals surface area contributed by atoms with Crippen molar-refractivity contribution in [2.45, 2.75) is 39.0 Å². The van der Waals surface area contributed by atoms with Gasteiger partial charge in [0.1, 0.15) is 23.4 Å². The minimum Gasteiger partial charge on any atom is -0.465 e. The summed E-state index contributed by atoms with van der Waals surface area (Å²) in [5.74, 6) is 4.23. The lowest BCUT2D eigenvalue weighted by molar-refractivity contribution is 0.0321. The van der Waals surface area contributed by atoms with E-state index in [-0.39, 0.29) is 6.10 Å². The molecule has 0 unspecified atom stereocenters. The van der Waals surface area contributed by atoms with Gasteiger partial charge in [0.15, 0.2) is 5.82 Å². The van der Waals surface area contributed by atoms with Crippen molar-refractivity contribution in [3.8, 4) is 0 Å². The van der Waals surface area contributed by atoms with Crippen LogP contribution < -0.4 is 0 Å². The van der Waals surface area contributed by atoms with Gasteiger partial charge in [-0.3, -0.25) is 10.00 Å². The van der Waals surface area contributed by atoms with E-state index in [0.717, 1.165) is 49.2 Å². The Morgan fingerprint density at radius 3 is 2.90 bits per heavy atom. The summed E-state index contributed by atoms with van der Waals surface area (Å²) in [5, 5.41) is 7.12. The standard InChI is InChI=1S/C15H20N4O2/c1-9-3-4-12(20-9)7-19-6-11-5-13(21-14(11)8-19)15-16-10(2)17-18-15/h3-4,11,13-14H,5-8H2,1-2H3,(H,16,17,18)/t11-,13-,14+/m0/s1. The van der Waals surface area contributed by atoms with Gasteiger partial charge in [0.2, 0.25) is 0 Å². The molecule has 0 aromatic carbocycles. The maximum absolute atomic E-state index is 6.14. The van der Waals surface area contributed by atoms with Crippen LogP contribution in [0.25, 0.3) is 0 Å². The van der Waals surface area contributed by atoms with Gasteiger partial charge in [-0.25, -0.2) is 4.98 Å². The first-order chi connectivity index (χ1) is 10.2. The summed E-state index contributed by atoms with van der Waals surface area (Å²) in [6, 6.07) is 4.08. The van der Waals surface area contributed by atoms with Crippen LogP contribution in [-0.4, -0.2) is 39.3 Å². The zero-order valence-corrected chi connectivity index (χ0v) is 12.4. The fourth-order valence-corrected chi connectivity index (χ4v) is 3.44. The third-order valence-corrected chi connectivity index (χ3v) is 4.39. The van der Waals surface area contributed by atoms with E-state index < -0.39 is 0 Å². The fraction of sp³-hybridized carbons (Fsp3) is 0.600. The van der Waals surface area contributed by atoms with E-state index in [2.05, 4.69) is 26.1 Å². The summed E-state index contributed by atoms with van der Waals surface area (Å²) in [6.07, 6.45) is 1.36.